The summed E-state index contributed by atoms with van der Waals surface area (Å²) in [6, 6.07) is 13.6. The van der Waals surface area contributed by atoms with Crippen LogP contribution in [0.4, 0.5) is 23.2 Å². The second-order valence-corrected chi connectivity index (χ2v) is 11.9. The number of pyridine rings is 1. The second kappa shape index (κ2) is 10.5. The van der Waals surface area contributed by atoms with Gasteiger partial charge in [-0.15, -0.1) is 11.1 Å². The molecule has 5 aromatic rings. The Hall–Kier alpha value is -4.68. The van der Waals surface area contributed by atoms with E-state index in [4.69, 9.17) is 11.6 Å². The Morgan fingerprint density at radius 2 is 1.88 bits per heavy atom. The highest BCUT2D eigenvalue weighted by Crippen LogP contribution is 2.54. The molecule has 1 unspecified atom stereocenters. The minimum absolute atomic E-state index is 0.151. The molecule has 1 aliphatic rings. The Balaban J connectivity index is 1.54. The lowest BCUT2D eigenvalue weighted by Gasteiger charge is -2.22. The molecule has 0 saturated carbocycles. The summed E-state index contributed by atoms with van der Waals surface area (Å²) in [6.45, 7) is 5.59. The molecule has 0 fully saturated rings. The van der Waals surface area contributed by atoms with E-state index in [2.05, 4.69) is 26.7 Å². The summed E-state index contributed by atoms with van der Waals surface area (Å²) in [5.41, 5.74) is 1.76. The minimum atomic E-state index is -4.87. The fraction of sp³-hybridized carbons (Fsp3) is 0.0667. The predicted octanol–water partition coefficient (Wildman–Crippen LogP) is 7.49. The fourth-order valence-corrected chi connectivity index (χ4v) is 7.43. The normalized spacial score (nSPS) is 15.3. The molecule has 0 saturated heterocycles. The van der Waals surface area contributed by atoms with Crippen molar-refractivity contribution in [1.82, 2.24) is 19.3 Å². The van der Waals surface area contributed by atoms with Crippen LogP contribution in [0.1, 0.15) is 37.5 Å². The van der Waals surface area contributed by atoms with Gasteiger partial charge in [0, 0.05) is 26.6 Å². The highest BCUT2D eigenvalue weighted by molar-refractivity contribution is 8.16. The topological polar surface area (TPSA) is 88.4 Å². The number of alkyl halides is 3. The quantitative estimate of drug-likeness (QED) is 0.140. The van der Waals surface area contributed by atoms with Crippen LogP contribution in [-0.4, -0.2) is 26.4 Å². The lowest BCUT2D eigenvalue weighted by Crippen LogP contribution is -2.16. The molecule has 0 radical (unpaired) electrons. The number of amides is 2. The smallest absolute Gasteiger partial charge is 0.321 e. The third-order valence-electron chi connectivity index (χ3n) is 6.97. The molecule has 2 N–H and O–H groups in total. The van der Waals surface area contributed by atoms with Crippen molar-refractivity contribution in [1.29, 1.82) is 0 Å². The molecule has 3 heterocycles. The molecule has 2 amide bonds. The minimum Gasteiger partial charge on any atom is -0.321 e. The predicted molar refractivity (Wildman–Crippen MR) is 157 cm³/mol. The summed E-state index contributed by atoms with van der Waals surface area (Å²) >= 11 is 4.88. The molecule has 7 nitrogen and oxygen atoms in total. The number of aromatic nitrogens is 3. The number of hydrogen-bond acceptors (Lipinski definition) is 4. The number of carbonyl (C=O) groups is 2. The van der Waals surface area contributed by atoms with E-state index in [0.29, 0.717) is 55.5 Å². The van der Waals surface area contributed by atoms with Gasteiger partial charge in [0.2, 0.25) is 0 Å². The molecular formula is C30H20ClF4N5O2S. The maximum absolute atomic E-state index is 14.2. The van der Waals surface area contributed by atoms with Gasteiger partial charge in [-0.25, -0.2) is 13.9 Å². The molecule has 0 aliphatic carbocycles. The number of aryl methyl sites for hydroxylation is 1. The third kappa shape index (κ3) is 5.12. The zero-order chi connectivity index (χ0) is 30.6. The first kappa shape index (κ1) is 28.4. The van der Waals surface area contributed by atoms with Crippen LogP contribution in [0.2, 0.25) is 5.02 Å². The Labute approximate surface area is 249 Å². The first-order chi connectivity index (χ1) is 20.4. The van der Waals surface area contributed by atoms with Crippen LogP contribution in [0, 0.1) is 12.7 Å². The van der Waals surface area contributed by atoms with Crippen molar-refractivity contribution in [2.75, 3.05) is 5.32 Å². The largest absolute Gasteiger partial charge is 0.416 e. The summed E-state index contributed by atoms with van der Waals surface area (Å²) in [6.07, 6.45) is -1.85. The van der Waals surface area contributed by atoms with E-state index < -0.39 is 46.0 Å². The Morgan fingerprint density at radius 1 is 1.09 bits per heavy atom. The lowest BCUT2D eigenvalue weighted by molar-refractivity contribution is -0.137. The van der Waals surface area contributed by atoms with Gasteiger partial charge >= 0.3 is 6.18 Å². The summed E-state index contributed by atoms with van der Waals surface area (Å²) in [5, 5.41) is 7.23. The first-order valence-corrected chi connectivity index (χ1v) is 14.4. The standard InChI is InChI=1S/C30H20ClF4N5O2S/c1-3-16-4-6-23(31)25(8-16)43-27-22(29(42)39-43)11-17(21-5-7-26-36-14-37-40(26)15(21)2)12-24(27)38-28(41)18-9-19(30(33,34)35)13-20(32)10-18/h3-14,43H,1H2,2H3,(H,38,41)(H,39,42). The van der Waals surface area contributed by atoms with E-state index in [1.165, 1.54) is 6.33 Å². The van der Waals surface area contributed by atoms with Gasteiger partial charge in [0.1, 0.15) is 12.1 Å². The summed E-state index contributed by atoms with van der Waals surface area (Å²) in [4.78, 5) is 31.9. The van der Waals surface area contributed by atoms with Crippen molar-refractivity contribution in [2.24, 2.45) is 0 Å². The van der Waals surface area contributed by atoms with Crippen molar-refractivity contribution in [3.63, 3.8) is 0 Å². The number of benzene rings is 3. The Kier molecular flexibility index (Phi) is 6.98. The van der Waals surface area contributed by atoms with Crippen molar-refractivity contribution < 1.29 is 27.2 Å². The molecular weight excluding hydrogens is 606 g/mol. The number of thiol groups is 1. The highest BCUT2D eigenvalue weighted by Gasteiger charge is 2.34. The van der Waals surface area contributed by atoms with Crippen LogP contribution in [0.5, 0.6) is 0 Å². The molecule has 13 heteroatoms. The Morgan fingerprint density at radius 3 is 2.63 bits per heavy atom. The molecule has 6 rings (SSSR count). The van der Waals surface area contributed by atoms with E-state index in [1.54, 1.807) is 60.0 Å². The van der Waals surface area contributed by atoms with Crippen LogP contribution < -0.4 is 10.0 Å². The van der Waals surface area contributed by atoms with Crippen molar-refractivity contribution in [3.05, 3.63) is 112 Å². The van der Waals surface area contributed by atoms with Crippen molar-refractivity contribution in [2.45, 2.75) is 22.9 Å². The number of carbonyl (C=O) groups excluding carboxylic acids is 2. The third-order valence-corrected chi connectivity index (χ3v) is 9.63. The van der Waals surface area contributed by atoms with E-state index in [9.17, 15) is 27.2 Å². The maximum atomic E-state index is 14.2. The van der Waals surface area contributed by atoms with Crippen LogP contribution in [0.25, 0.3) is 22.9 Å². The first-order valence-electron chi connectivity index (χ1n) is 12.6. The number of hydrogen-bond donors (Lipinski definition) is 3. The highest BCUT2D eigenvalue weighted by atomic mass is 35.5. The number of nitrogens with one attached hydrogen (secondary N) is 2. The van der Waals surface area contributed by atoms with Gasteiger partial charge in [-0.1, -0.05) is 30.3 Å². The molecule has 218 valence electrons. The van der Waals surface area contributed by atoms with Crippen LogP contribution in [-0.2, 0) is 6.18 Å². The van der Waals surface area contributed by atoms with Crippen molar-refractivity contribution >= 4 is 51.9 Å². The van der Waals surface area contributed by atoms with Gasteiger partial charge in [-0.3, -0.25) is 9.59 Å². The Bertz CT molecular complexity index is 1990. The number of halogens is 5. The van der Waals surface area contributed by atoms with Gasteiger partial charge in [0.05, 0.1) is 21.8 Å². The second-order valence-electron chi connectivity index (χ2n) is 9.65. The SMILES string of the molecule is C=Cc1ccc(Cl)c([SH]2NC(=O)c3cc(-c4ccc5ncnn5c4C)cc(NC(=O)c4cc(F)cc(C(F)(F)F)c4)c32)c1. The fourth-order valence-electron chi connectivity index (χ4n) is 4.92. The van der Waals surface area contributed by atoms with Gasteiger partial charge in [0.25, 0.3) is 11.8 Å². The number of fused-ring (bicyclic) bond motifs is 2. The molecule has 0 spiro atoms. The number of nitrogens with zero attached hydrogens (tertiary/aromatic N) is 3. The molecule has 0 bridgehead atoms. The monoisotopic (exact) mass is 625 g/mol. The van der Waals surface area contributed by atoms with E-state index >= 15 is 0 Å². The molecule has 1 aliphatic heterocycles. The van der Waals surface area contributed by atoms with Crippen LogP contribution >= 0.6 is 22.7 Å². The zero-order valence-electron chi connectivity index (χ0n) is 22.1. The number of rotatable bonds is 5. The van der Waals surface area contributed by atoms with E-state index in [-0.39, 0.29) is 11.3 Å². The molecule has 43 heavy (non-hydrogen) atoms. The summed E-state index contributed by atoms with van der Waals surface area (Å²) < 4.78 is 58.9. The summed E-state index contributed by atoms with van der Waals surface area (Å²) in [7, 11) is 0. The van der Waals surface area contributed by atoms with Gasteiger partial charge < -0.3 is 10.0 Å². The molecule has 2 aromatic heterocycles. The van der Waals surface area contributed by atoms with Crippen LogP contribution in [0.15, 0.2) is 83.4 Å². The zero-order valence-corrected chi connectivity index (χ0v) is 23.8. The van der Waals surface area contributed by atoms with E-state index in [1.807, 2.05) is 0 Å². The maximum Gasteiger partial charge on any atom is 0.416 e. The van der Waals surface area contributed by atoms with Crippen molar-refractivity contribution in [3.8, 4) is 11.1 Å². The lowest BCUT2D eigenvalue weighted by atomic mass is 10.00. The van der Waals surface area contributed by atoms with Gasteiger partial charge in [-0.2, -0.15) is 18.3 Å². The number of anilines is 1. The average molecular weight is 626 g/mol. The average Bonchev–Trinajstić information content (AvgIpc) is 3.58. The van der Waals surface area contributed by atoms with Crippen LogP contribution in [0.3, 0.4) is 0 Å². The van der Waals surface area contributed by atoms with Gasteiger partial charge in [-0.05, 0) is 72.6 Å². The molecule has 3 aromatic carbocycles. The van der Waals surface area contributed by atoms with Gasteiger partial charge in [0.15, 0.2) is 5.65 Å². The molecule has 1 atom stereocenters. The summed E-state index contributed by atoms with van der Waals surface area (Å²) in [5.74, 6) is -2.64. The van der Waals surface area contributed by atoms with E-state index in [0.717, 1.165) is 5.56 Å².